The molecule has 1 aromatic heterocycles. The molecule has 4 heteroatoms. The highest BCUT2D eigenvalue weighted by atomic mass is 16.5. The van der Waals surface area contributed by atoms with E-state index in [4.69, 9.17) is 9.84 Å². The van der Waals surface area contributed by atoms with Gasteiger partial charge in [0.05, 0.1) is 0 Å². The number of aromatic nitrogens is 1. The number of hydrogen-bond acceptors (Lipinski definition) is 3. The van der Waals surface area contributed by atoms with Crippen molar-refractivity contribution in [3.63, 3.8) is 0 Å². The zero-order valence-electron chi connectivity index (χ0n) is 12.7. The van der Waals surface area contributed by atoms with E-state index in [1.165, 1.54) is 0 Å². The van der Waals surface area contributed by atoms with E-state index < -0.39 is 0 Å². The lowest BCUT2D eigenvalue weighted by Gasteiger charge is -2.07. The number of aliphatic hydroxyl groups is 1. The number of carbonyl (C=O) groups excluding carboxylic acids is 1. The highest BCUT2D eigenvalue weighted by Gasteiger charge is 2.14. The molecule has 0 amide bonds. The number of ketones is 1. The van der Waals surface area contributed by atoms with E-state index in [0.717, 1.165) is 17.0 Å². The van der Waals surface area contributed by atoms with E-state index in [9.17, 15) is 4.79 Å². The molecule has 0 unspecified atom stereocenters. The van der Waals surface area contributed by atoms with Crippen LogP contribution in [0.2, 0.25) is 0 Å². The minimum Gasteiger partial charge on any atom is -0.485 e. The van der Waals surface area contributed by atoms with Crippen LogP contribution in [0.15, 0.2) is 30.3 Å². The minimum absolute atomic E-state index is 0.0179. The standard InChI is InChI=1S/C17H21NO3/c1-12-10-16(13(2)18(12)3)17(20)11-21-15-6-4-14(5-7-15)8-9-19/h4-7,10,19H,8-9,11H2,1-3H3. The van der Waals surface area contributed by atoms with Gasteiger partial charge in [-0.1, -0.05) is 12.1 Å². The van der Waals surface area contributed by atoms with Crippen LogP contribution in [0.1, 0.15) is 27.3 Å². The highest BCUT2D eigenvalue weighted by molar-refractivity contribution is 5.98. The van der Waals surface area contributed by atoms with E-state index in [1.807, 2.05) is 55.8 Å². The lowest BCUT2D eigenvalue weighted by atomic mass is 10.1. The van der Waals surface area contributed by atoms with Gasteiger partial charge in [0.15, 0.2) is 6.61 Å². The number of aryl methyl sites for hydroxylation is 1. The molecular formula is C17H21NO3. The number of benzene rings is 1. The number of Topliss-reactive ketones (excluding diaryl/α,β-unsaturated/α-hetero) is 1. The predicted molar refractivity (Wildman–Crippen MR) is 81.9 cm³/mol. The maximum Gasteiger partial charge on any atom is 0.202 e. The van der Waals surface area contributed by atoms with Crippen molar-refractivity contribution in [1.29, 1.82) is 0 Å². The Hall–Kier alpha value is -2.07. The van der Waals surface area contributed by atoms with Crippen LogP contribution in [0.3, 0.4) is 0 Å². The van der Waals surface area contributed by atoms with Gasteiger partial charge in [-0.2, -0.15) is 0 Å². The third-order valence-electron chi connectivity index (χ3n) is 3.77. The van der Waals surface area contributed by atoms with Crippen molar-refractivity contribution >= 4 is 5.78 Å². The Morgan fingerprint density at radius 2 is 1.90 bits per heavy atom. The Bertz CT molecular complexity index is 626. The van der Waals surface area contributed by atoms with Crippen LogP contribution in [-0.2, 0) is 13.5 Å². The molecule has 1 N–H and O–H groups in total. The second kappa shape index (κ2) is 6.59. The normalized spacial score (nSPS) is 10.7. The summed E-state index contributed by atoms with van der Waals surface area (Å²) in [5, 5.41) is 8.86. The van der Waals surface area contributed by atoms with Gasteiger partial charge in [-0.15, -0.1) is 0 Å². The van der Waals surface area contributed by atoms with Gasteiger partial charge in [0, 0.05) is 30.6 Å². The molecule has 2 rings (SSSR count). The van der Waals surface area contributed by atoms with Crippen molar-refractivity contribution in [2.75, 3.05) is 13.2 Å². The molecule has 0 radical (unpaired) electrons. The topological polar surface area (TPSA) is 51.5 Å². The van der Waals surface area contributed by atoms with E-state index in [1.54, 1.807) is 0 Å². The molecule has 0 saturated heterocycles. The van der Waals surface area contributed by atoms with Crippen LogP contribution < -0.4 is 4.74 Å². The molecule has 0 atom stereocenters. The molecule has 0 fully saturated rings. The Labute approximate surface area is 125 Å². The SMILES string of the molecule is Cc1cc(C(=O)COc2ccc(CCO)cc2)c(C)n1C. The fraction of sp³-hybridized carbons (Fsp3) is 0.353. The van der Waals surface area contributed by atoms with Crippen molar-refractivity contribution in [2.24, 2.45) is 7.05 Å². The third-order valence-corrected chi connectivity index (χ3v) is 3.77. The first-order valence-electron chi connectivity index (χ1n) is 7.01. The fourth-order valence-electron chi connectivity index (χ4n) is 2.25. The van der Waals surface area contributed by atoms with E-state index >= 15 is 0 Å². The molecule has 21 heavy (non-hydrogen) atoms. The summed E-state index contributed by atoms with van der Waals surface area (Å²) in [6.07, 6.45) is 0.627. The zero-order valence-corrected chi connectivity index (χ0v) is 12.7. The fourth-order valence-corrected chi connectivity index (χ4v) is 2.25. The average molecular weight is 287 g/mol. The summed E-state index contributed by atoms with van der Waals surface area (Å²) in [4.78, 5) is 12.2. The van der Waals surface area contributed by atoms with Crippen molar-refractivity contribution in [3.8, 4) is 5.75 Å². The van der Waals surface area contributed by atoms with Gasteiger partial charge < -0.3 is 14.4 Å². The van der Waals surface area contributed by atoms with Crippen molar-refractivity contribution in [2.45, 2.75) is 20.3 Å². The molecule has 1 heterocycles. The first kappa shape index (κ1) is 15.3. The van der Waals surface area contributed by atoms with Gasteiger partial charge in [-0.05, 0) is 44.0 Å². The van der Waals surface area contributed by atoms with Crippen LogP contribution in [0, 0.1) is 13.8 Å². The lowest BCUT2D eigenvalue weighted by Crippen LogP contribution is -2.12. The minimum atomic E-state index is -0.0179. The first-order chi connectivity index (χ1) is 10.0. The van der Waals surface area contributed by atoms with Crippen molar-refractivity contribution in [1.82, 2.24) is 4.57 Å². The summed E-state index contributed by atoms with van der Waals surface area (Å²) in [6, 6.07) is 9.33. The summed E-state index contributed by atoms with van der Waals surface area (Å²) >= 11 is 0. The Morgan fingerprint density at radius 1 is 1.24 bits per heavy atom. The van der Waals surface area contributed by atoms with E-state index in [2.05, 4.69) is 0 Å². The molecule has 112 valence electrons. The van der Waals surface area contributed by atoms with Crippen LogP contribution in [0.4, 0.5) is 0 Å². The molecule has 0 aliphatic heterocycles. The van der Waals surface area contributed by atoms with Crippen molar-refractivity contribution in [3.05, 3.63) is 52.8 Å². The largest absolute Gasteiger partial charge is 0.485 e. The van der Waals surface area contributed by atoms with Gasteiger partial charge in [-0.25, -0.2) is 0 Å². The number of nitrogens with zero attached hydrogens (tertiary/aromatic N) is 1. The first-order valence-corrected chi connectivity index (χ1v) is 7.01. The monoisotopic (exact) mass is 287 g/mol. The second-order valence-corrected chi connectivity index (χ2v) is 5.17. The number of aliphatic hydroxyl groups excluding tert-OH is 1. The summed E-state index contributed by atoms with van der Waals surface area (Å²) < 4.78 is 7.54. The number of ether oxygens (including phenoxy) is 1. The Balaban J connectivity index is 1.99. The molecule has 0 spiro atoms. The molecular weight excluding hydrogens is 266 g/mol. The maximum atomic E-state index is 12.2. The predicted octanol–water partition coefficient (Wildman–Crippen LogP) is 2.44. The zero-order chi connectivity index (χ0) is 15.4. The molecule has 0 bridgehead atoms. The second-order valence-electron chi connectivity index (χ2n) is 5.17. The number of rotatable bonds is 6. The summed E-state index contributed by atoms with van der Waals surface area (Å²) in [5.74, 6) is 0.644. The summed E-state index contributed by atoms with van der Waals surface area (Å²) in [6.45, 7) is 4.07. The smallest absolute Gasteiger partial charge is 0.202 e. The lowest BCUT2D eigenvalue weighted by molar-refractivity contribution is 0.0921. The molecule has 2 aromatic rings. The van der Waals surface area contributed by atoms with E-state index in [-0.39, 0.29) is 19.0 Å². The van der Waals surface area contributed by atoms with Crippen molar-refractivity contribution < 1.29 is 14.6 Å². The van der Waals surface area contributed by atoms with Crippen LogP contribution in [0.25, 0.3) is 0 Å². The maximum absolute atomic E-state index is 12.2. The van der Waals surface area contributed by atoms with Gasteiger partial charge in [0.2, 0.25) is 5.78 Å². The summed E-state index contributed by atoms with van der Waals surface area (Å²) in [5.41, 5.74) is 3.78. The summed E-state index contributed by atoms with van der Waals surface area (Å²) in [7, 11) is 1.95. The van der Waals surface area contributed by atoms with Gasteiger partial charge >= 0.3 is 0 Å². The number of carbonyl (C=O) groups is 1. The quantitative estimate of drug-likeness (QED) is 0.830. The highest BCUT2D eigenvalue weighted by Crippen LogP contribution is 2.16. The van der Waals surface area contributed by atoms with Crippen LogP contribution >= 0.6 is 0 Å². The molecule has 0 aliphatic rings. The number of hydrogen-bond donors (Lipinski definition) is 1. The van der Waals surface area contributed by atoms with Gasteiger partial charge in [0.1, 0.15) is 5.75 Å². The Morgan fingerprint density at radius 3 is 2.43 bits per heavy atom. The molecule has 1 aromatic carbocycles. The molecule has 0 aliphatic carbocycles. The Kier molecular flexibility index (Phi) is 4.81. The average Bonchev–Trinajstić information content (AvgIpc) is 2.74. The van der Waals surface area contributed by atoms with Crippen LogP contribution in [-0.4, -0.2) is 28.7 Å². The van der Waals surface area contributed by atoms with Gasteiger partial charge in [0.25, 0.3) is 0 Å². The third kappa shape index (κ3) is 3.52. The van der Waals surface area contributed by atoms with E-state index in [0.29, 0.717) is 17.7 Å². The van der Waals surface area contributed by atoms with Gasteiger partial charge in [-0.3, -0.25) is 4.79 Å². The van der Waals surface area contributed by atoms with Crippen LogP contribution in [0.5, 0.6) is 5.75 Å². The molecule has 4 nitrogen and oxygen atoms in total. The molecule has 0 saturated carbocycles.